The molecule has 0 atom stereocenters. The zero-order valence-electron chi connectivity index (χ0n) is 4.07. The minimum Gasteiger partial charge on any atom is -0.209 e. The van der Waals surface area contributed by atoms with Crippen LogP contribution in [0.3, 0.4) is 0 Å². The molecule has 0 aromatic rings. The van der Waals surface area contributed by atoms with Crippen molar-refractivity contribution in [1.29, 1.82) is 2.67 Å². The van der Waals surface area contributed by atoms with Gasteiger partial charge in [0.05, 0.1) is 0 Å². The second-order valence-electron chi connectivity index (χ2n) is 0.276. The van der Waals surface area contributed by atoms with Crippen LogP contribution in [0.5, 0.6) is 0 Å². The maximum atomic E-state index is 6.60. The lowest BCUT2D eigenvalue weighted by atomic mass is 10.8. The van der Waals surface area contributed by atoms with Gasteiger partial charge < -0.3 is 0 Å². The summed E-state index contributed by atoms with van der Waals surface area (Å²) in [5.74, 6) is 0. The van der Waals surface area contributed by atoms with E-state index in [4.69, 9.17) is 2.67 Å². The maximum absolute atomic E-state index is 6.60. The van der Waals surface area contributed by atoms with Crippen LogP contribution in [-0.4, -0.2) is 13.5 Å². The summed E-state index contributed by atoms with van der Waals surface area (Å²) in [5.41, 5.74) is 0. The van der Waals surface area contributed by atoms with Crippen LogP contribution in [0.25, 0.3) is 0 Å². The zero-order valence-corrected chi connectivity index (χ0v) is 5.04. The van der Waals surface area contributed by atoms with E-state index in [0.29, 0.717) is 0 Å². The molecule has 0 spiro atoms. The molecule has 0 unspecified atom stereocenters. The van der Waals surface area contributed by atoms with E-state index in [0.717, 1.165) is 3.76 Å². The molecule has 24 valence electrons. The van der Waals surface area contributed by atoms with Crippen LogP contribution >= 0.6 is 34.2 Å². The summed E-state index contributed by atoms with van der Waals surface area (Å²) >= 11 is 3.43. The molecule has 0 aliphatic heterocycles. The van der Waals surface area contributed by atoms with Gasteiger partial charge in [0.15, 0.2) is 7.05 Å². The molecule has 0 bridgehead atoms. The lowest BCUT2D eigenvalue weighted by molar-refractivity contribution is 2.46. The van der Waals surface area contributed by atoms with Gasteiger partial charge >= 0.3 is 0 Å². The molecule has 3 heteroatoms. The molecule has 0 fully saturated rings. The molecule has 0 N–H and O–H groups in total. The third kappa shape index (κ3) is 3.14. The van der Waals surface area contributed by atoms with Crippen molar-refractivity contribution in [2.45, 2.75) is 0 Å². The number of hydrogen-bond acceptors (Lipinski definition) is 1. The molecule has 0 radical (unpaired) electrons. The molecule has 0 saturated carbocycles. The van der Waals surface area contributed by atoms with E-state index in [1.807, 2.05) is 0 Å². The van der Waals surface area contributed by atoms with Gasteiger partial charge in [-0.05, 0) is 2.67 Å². The molecular weight excluding hydrogens is 182 g/mol. The molecule has 4 heavy (non-hydrogen) atoms. The fourth-order valence-electron chi connectivity index (χ4n) is 0. The molecule has 0 nitrogen and oxygen atoms in total. The summed E-state index contributed by atoms with van der Waals surface area (Å²) in [7, 11) is -0.693. The van der Waals surface area contributed by atoms with Crippen molar-refractivity contribution in [2.24, 2.45) is 0 Å². The normalized spacial score (nSPS) is 13.2. The fourth-order valence-corrected chi connectivity index (χ4v) is 0. The van der Waals surface area contributed by atoms with Gasteiger partial charge in [-0.15, -0.1) is 0 Å². The predicted octanol–water partition coefficient (Wildman–Crippen LogP) is 0.660. The van der Waals surface area contributed by atoms with Gasteiger partial charge in [-0.3, -0.25) is 0 Å². The van der Waals surface area contributed by atoms with Crippen molar-refractivity contribution >= 4 is 41.3 Å². The lowest BCUT2D eigenvalue weighted by Gasteiger charge is -1.67. The Balaban J connectivity index is 2.63. The highest BCUT2D eigenvalue weighted by Gasteiger charge is 1.58. The first-order valence-corrected chi connectivity index (χ1v) is 3.37. The third-order valence-electron chi connectivity index (χ3n) is 0.0630. The van der Waals surface area contributed by atoms with Crippen LogP contribution in [-0.2, 0) is 0 Å². The molecule has 0 heterocycles. The standard InChI is InChI=1S/CH4BIS/c2-4-1-3/h1-2H2/i2TD. The van der Waals surface area contributed by atoms with Crippen molar-refractivity contribution in [2.75, 3.05) is 3.76 Å². The average Bonchev–Trinajstić information content (AvgIpc) is 1.35. The SMILES string of the molecule is [2H]B([3H])SCI. The second-order valence-corrected chi connectivity index (χ2v) is 2.70. The van der Waals surface area contributed by atoms with Crippen LogP contribution in [0.2, 0.25) is 0 Å². The van der Waals surface area contributed by atoms with Crippen LogP contribution < -0.4 is 0 Å². The second kappa shape index (κ2) is 4.14. The van der Waals surface area contributed by atoms with Gasteiger partial charge in [-0.1, -0.05) is 22.6 Å². The summed E-state index contributed by atoms with van der Waals surface area (Å²) in [4.78, 5) is 0. The molecule has 0 aromatic heterocycles. The van der Waals surface area contributed by atoms with E-state index < -0.39 is 7.05 Å². The maximum Gasteiger partial charge on any atom is 0.174 e. The highest BCUT2D eigenvalue weighted by molar-refractivity contribution is 14.1. The third-order valence-corrected chi connectivity index (χ3v) is 1.27. The van der Waals surface area contributed by atoms with Crippen LogP contribution in [0.15, 0.2) is 0 Å². The van der Waals surface area contributed by atoms with Crippen LogP contribution in [0.4, 0.5) is 0 Å². The Morgan fingerprint density at radius 2 is 3.75 bits per heavy atom. The average molecular weight is 189 g/mol. The zero-order chi connectivity index (χ0) is 4.99. The first-order valence-electron chi connectivity index (χ1n) is 1.95. The van der Waals surface area contributed by atoms with Gasteiger partial charge in [0, 0.05) is 3.76 Å². The fraction of sp³-hybridized carbons (Fsp3) is 1.00. The predicted molar refractivity (Wildman–Crippen MR) is 35.0 cm³/mol. The summed E-state index contributed by atoms with van der Waals surface area (Å²) in [6, 6.07) is 0. The monoisotopic (exact) mass is 189 g/mol. The van der Waals surface area contributed by atoms with E-state index >= 15 is 0 Å². The van der Waals surface area contributed by atoms with Crippen molar-refractivity contribution in [3.63, 3.8) is 0 Å². The highest BCUT2D eigenvalue weighted by atomic mass is 127. The highest BCUT2D eigenvalue weighted by Crippen LogP contribution is 1.93. The first kappa shape index (κ1) is 2.34. The Morgan fingerprint density at radius 1 is 3.00 bits per heavy atom. The Bertz CT molecular complexity index is 34.7. The number of halogens is 1. The van der Waals surface area contributed by atoms with Crippen molar-refractivity contribution in [3.8, 4) is 0 Å². The Kier molecular flexibility index (Phi) is 2.43. The van der Waals surface area contributed by atoms with E-state index in [1.165, 1.54) is 11.6 Å². The van der Waals surface area contributed by atoms with E-state index in [2.05, 4.69) is 22.6 Å². The van der Waals surface area contributed by atoms with Crippen LogP contribution in [0.1, 0.15) is 0 Å². The minimum atomic E-state index is -0.693. The van der Waals surface area contributed by atoms with E-state index in [1.54, 1.807) is 0 Å². The van der Waals surface area contributed by atoms with Gasteiger partial charge in [0.1, 0.15) is 0 Å². The topological polar surface area (TPSA) is 0 Å². The van der Waals surface area contributed by atoms with Crippen molar-refractivity contribution in [3.05, 3.63) is 0 Å². The van der Waals surface area contributed by atoms with Gasteiger partial charge in [0.25, 0.3) is 0 Å². The number of hydrogen-bond donors (Lipinski definition) is 0. The Hall–Kier alpha value is 1.14. The van der Waals surface area contributed by atoms with Crippen molar-refractivity contribution in [1.82, 2.24) is 0 Å². The van der Waals surface area contributed by atoms with E-state index in [9.17, 15) is 0 Å². The van der Waals surface area contributed by atoms with Gasteiger partial charge in [-0.25, -0.2) is 11.6 Å². The largest absolute Gasteiger partial charge is 0.209 e. The lowest BCUT2D eigenvalue weighted by Crippen LogP contribution is -1.47. The summed E-state index contributed by atoms with van der Waals surface area (Å²) in [5, 5.41) is 0. The summed E-state index contributed by atoms with van der Waals surface area (Å²) < 4.78 is 14.0. The van der Waals surface area contributed by atoms with Crippen LogP contribution in [0, 0.1) is 0 Å². The molecule has 0 aliphatic carbocycles. The number of alkyl halides is 1. The smallest absolute Gasteiger partial charge is 0.174 e. The Morgan fingerprint density at radius 3 is 3.75 bits per heavy atom. The molecule has 0 aliphatic rings. The van der Waals surface area contributed by atoms with Gasteiger partial charge in [0.2, 0.25) is 0 Å². The molecule has 0 rings (SSSR count). The molecule has 0 saturated heterocycles. The summed E-state index contributed by atoms with van der Waals surface area (Å²) in [6.45, 7) is 0. The van der Waals surface area contributed by atoms with Crippen molar-refractivity contribution < 1.29 is 0 Å². The Labute approximate surface area is 47.9 Å². The minimum absolute atomic E-state index is 0.693. The van der Waals surface area contributed by atoms with Gasteiger partial charge in [-0.2, -0.15) is 0 Å². The van der Waals surface area contributed by atoms with E-state index in [-0.39, 0.29) is 0 Å². The summed E-state index contributed by atoms with van der Waals surface area (Å²) in [6.07, 6.45) is 0. The molecular formula is CH4BIS. The molecule has 0 amide bonds. The quantitative estimate of drug-likeness (QED) is 0.349. The first-order chi connectivity index (χ1) is 2.77. The number of rotatable bonds is 2. The molecule has 0 aromatic carbocycles.